The molecule has 5 nitrogen and oxygen atoms in total. The van der Waals surface area contributed by atoms with Gasteiger partial charge in [0.2, 0.25) is 0 Å². The second kappa shape index (κ2) is 5.19. The minimum atomic E-state index is -1.06. The van der Waals surface area contributed by atoms with Crippen LogP contribution >= 0.6 is 0 Å². The monoisotopic (exact) mass is 254 g/mol. The van der Waals surface area contributed by atoms with E-state index in [-0.39, 0.29) is 17.0 Å². The van der Waals surface area contributed by atoms with E-state index >= 15 is 0 Å². The number of carboxylic acid groups (broad SMARTS) is 1. The standard InChI is InChI=1S/C14H10N2O3/c1-9-2-5-13(12(6-9)14(17)18)19-11-4-3-10(7-15)16-8-11/h2-6,8H,1H3,(H,17,18). The van der Waals surface area contributed by atoms with Crippen molar-refractivity contribution in [2.75, 3.05) is 0 Å². The first kappa shape index (κ1) is 12.6. The van der Waals surface area contributed by atoms with E-state index < -0.39 is 5.97 Å². The Labute approximate surface area is 109 Å². The molecule has 0 aliphatic carbocycles. The van der Waals surface area contributed by atoms with Crippen LogP contribution in [-0.2, 0) is 0 Å². The highest BCUT2D eigenvalue weighted by Gasteiger charge is 2.12. The lowest BCUT2D eigenvalue weighted by Gasteiger charge is -2.09. The van der Waals surface area contributed by atoms with Gasteiger partial charge < -0.3 is 9.84 Å². The molecular formula is C14H10N2O3. The second-order valence-electron chi connectivity index (χ2n) is 3.90. The van der Waals surface area contributed by atoms with Gasteiger partial charge in [-0.1, -0.05) is 11.6 Å². The van der Waals surface area contributed by atoms with Gasteiger partial charge in [0.1, 0.15) is 28.8 Å². The van der Waals surface area contributed by atoms with E-state index in [1.165, 1.54) is 18.3 Å². The fraction of sp³-hybridized carbons (Fsp3) is 0.0714. The van der Waals surface area contributed by atoms with Crippen LogP contribution in [0.5, 0.6) is 11.5 Å². The molecule has 1 heterocycles. The van der Waals surface area contributed by atoms with Crippen molar-refractivity contribution in [2.24, 2.45) is 0 Å². The molecule has 0 aliphatic rings. The number of pyridine rings is 1. The number of hydrogen-bond donors (Lipinski definition) is 1. The van der Waals surface area contributed by atoms with Crippen molar-refractivity contribution in [3.63, 3.8) is 0 Å². The predicted molar refractivity (Wildman–Crippen MR) is 67.2 cm³/mol. The van der Waals surface area contributed by atoms with Crippen molar-refractivity contribution in [2.45, 2.75) is 6.92 Å². The molecule has 0 atom stereocenters. The molecule has 0 saturated carbocycles. The molecule has 0 bridgehead atoms. The summed E-state index contributed by atoms with van der Waals surface area (Å²) in [6.07, 6.45) is 1.38. The van der Waals surface area contributed by atoms with Gasteiger partial charge in [-0.3, -0.25) is 0 Å². The molecule has 0 fully saturated rings. The molecule has 0 aliphatic heterocycles. The van der Waals surface area contributed by atoms with Gasteiger partial charge in [-0.05, 0) is 31.2 Å². The minimum absolute atomic E-state index is 0.0874. The molecule has 1 aromatic carbocycles. The van der Waals surface area contributed by atoms with E-state index in [1.807, 2.05) is 6.07 Å². The summed E-state index contributed by atoms with van der Waals surface area (Å²) in [5.74, 6) is -0.435. The van der Waals surface area contributed by atoms with Crippen LogP contribution < -0.4 is 4.74 Å². The number of aryl methyl sites for hydroxylation is 1. The first-order valence-corrected chi connectivity index (χ1v) is 5.48. The van der Waals surface area contributed by atoms with Crippen LogP contribution in [0.1, 0.15) is 21.6 Å². The highest BCUT2D eigenvalue weighted by atomic mass is 16.5. The Morgan fingerprint density at radius 1 is 1.37 bits per heavy atom. The number of aromatic nitrogens is 1. The molecule has 0 saturated heterocycles. The van der Waals surface area contributed by atoms with Crippen molar-refractivity contribution in [1.82, 2.24) is 4.98 Å². The topological polar surface area (TPSA) is 83.2 Å². The summed E-state index contributed by atoms with van der Waals surface area (Å²) in [4.78, 5) is 15.0. The Hall–Kier alpha value is -2.87. The Bertz CT molecular complexity index is 657. The second-order valence-corrected chi connectivity index (χ2v) is 3.90. The fourth-order valence-electron chi connectivity index (χ4n) is 1.53. The number of hydrogen-bond acceptors (Lipinski definition) is 4. The summed E-state index contributed by atoms with van der Waals surface area (Å²) < 4.78 is 5.47. The highest BCUT2D eigenvalue weighted by Crippen LogP contribution is 2.25. The lowest BCUT2D eigenvalue weighted by molar-refractivity contribution is 0.0694. The van der Waals surface area contributed by atoms with Gasteiger partial charge >= 0.3 is 5.97 Å². The Morgan fingerprint density at radius 3 is 2.74 bits per heavy atom. The molecule has 19 heavy (non-hydrogen) atoms. The number of nitriles is 1. The molecular weight excluding hydrogens is 244 g/mol. The highest BCUT2D eigenvalue weighted by molar-refractivity contribution is 5.91. The molecule has 0 radical (unpaired) electrons. The SMILES string of the molecule is Cc1ccc(Oc2ccc(C#N)nc2)c(C(=O)O)c1. The van der Waals surface area contributed by atoms with Crippen LogP contribution in [-0.4, -0.2) is 16.1 Å². The Morgan fingerprint density at radius 2 is 2.16 bits per heavy atom. The molecule has 0 spiro atoms. The zero-order valence-corrected chi connectivity index (χ0v) is 10.1. The van der Waals surface area contributed by atoms with Crippen LogP contribution in [0, 0.1) is 18.3 Å². The zero-order valence-electron chi connectivity index (χ0n) is 10.1. The van der Waals surface area contributed by atoms with E-state index in [9.17, 15) is 4.79 Å². The first-order chi connectivity index (χ1) is 9.10. The van der Waals surface area contributed by atoms with Gasteiger partial charge in [0, 0.05) is 0 Å². The van der Waals surface area contributed by atoms with Crippen LogP contribution in [0.3, 0.4) is 0 Å². The maximum atomic E-state index is 11.1. The van der Waals surface area contributed by atoms with Gasteiger partial charge in [0.15, 0.2) is 0 Å². The van der Waals surface area contributed by atoms with E-state index in [0.29, 0.717) is 5.75 Å². The fourth-order valence-corrected chi connectivity index (χ4v) is 1.53. The third kappa shape index (κ3) is 2.87. The maximum Gasteiger partial charge on any atom is 0.339 e. The summed E-state index contributed by atoms with van der Waals surface area (Å²) in [5, 5.41) is 17.7. The number of benzene rings is 1. The van der Waals surface area contributed by atoms with Crippen LogP contribution in [0.2, 0.25) is 0 Å². The largest absolute Gasteiger partial charge is 0.478 e. The average molecular weight is 254 g/mol. The van der Waals surface area contributed by atoms with Crippen molar-refractivity contribution in [3.8, 4) is 17.6 Å². The maximum absolute atomic E-state index is 11.1. The number of nitrogens with zero attached hydrogens (tertiary/aromatic N) is 2. The van der Waals surface area contributed by atoms with Crippen molar-refractivity contribution in [1.29, 1.82) is 5.26 Å². The first-order valence-electron chi connectivity index (χ1n) is 5.48. The Balaban J connectivity index is 2.32. The zero-order chi connectivity index (χ0) is 13.8. The smallest absolute Gasteiger partial charge is 0.339 e. The molecule has 1 aromatic heterocycles. The number of ether oxygens (including phenoxy) is 1. The minimum Gasteiger partial charge on any atom is -0.478 e. The van der Waals surface area contributed by atoms with Gasteiger partial charge in [-0.15, -0.1) is 0 Å². The van der Waals surface area contributed by atoms with E-state index in [1.54, 1.807) is 25.1 Å². The molecule has 94 valence electrons. The van der Waals surface area contributed by atoms with E-state index in [2.05, 4.69) is 4.98 Å². The number of aromatic carboxylic acids is 1. The average Bonchev–Trinajstić information content (AvgIpc) is 2.41. The molecule has 0 unspecified atom stereocenters. The Kier molecular flexibility index (Phi) is 3.44. The lowest BCUT2D eigenvalue weighted by Crippen LogP contribution is -2.00. The van der Waals surface area contributed by atoms with Gasteiger partial charge in [0.05, 0.1) is 6.20 Å². The summed E-state index contributed by atoms with van der Waals surface area (Å²) in [6.45, 7) is 1.81. The van der Waals surface area contributed by atoms with Crippen LogP contribution in [0.15, 0.2) is 36.5 Å². The summed E-state index contributed by atoms with van der Waals surface area (Å²) in [6, 6.07) is 9.86. The number of rotatable bonds is 3. The molecule has 2 rings (SSSR count). The molecule has 1 N–H and O–H groups in total. The number of carboxylic acids is 1. The third-order valence-corrected chi connectivity index (χ3v) is 2.44. The van der Waals surface area contributed by atoms with Gasteiger partial charge in [-0.2, -0.15) is 5.26 Å². The summed E-state index contributed by atoms with van der Waals surface area (Å²) >= 11 is 0. The normalized spacial score (nSPS) is 9.68. The van der Waals surface area contributed by atoms with Crippen LogP contribution in [0.4, 0.5) is 0 Å². The van der Waals surface area contributed by atoms with Gasteiger partial charge in [-0.25, -0.2) is 9.78 Å². The molecule has 5 heteroatoms. The number of carbonyl (C=O) groups is 1. The summed E-state index contributed by atoms with van der Waals surface area (Å²) in [7, 11) is 0. The van der Waals surface area contributed by atoms with Crippen LogP contribution in [0.25, 0.3) is 0 Å². The van der Waals surface area contributed by atoms with E-state index in [0.717, 1.165) is 5.56 Å². The van der Waals surface area contributed by atoms with E-state index in [4.69, 9.17) is 15.1 Å². The third-order valence-electron chi connectivity index (χ3n) is 2.44. The molecule has 2 aromatic rings. The van der Waals surface area contributed by atoms with Gasteiger partial charge in [0.25, 0.3) is 0 Å². The predicted octanol–water partition coefficient (Wildman–Crippen LogP) is 2.75. The molecule has 0 amide bonds. The van der Waals surface area contributed by atoms with Crippen molar-refractivity contribution < 1.29 is 14.6 Å². The summed E-state index contributed by atoms with van der Waals surface area (Å²) in [5.41, 5.74) is 1.20. The van der Waals surface area contributed by atoms with Crippen molar-refractivity contribution in [3.05, 3.63) is 53.3 Å². The quantitative estimate of drug-likeness (QED) is 0.910. The van der Waals surface area contributed by atoms with Crippen molar-refractivity contribution >= 4 is 5.97 Å². The lowest BCUT2D eigenvalue weighted by atomic mass is 10.1.